The van der Waals surface area contributed by atoms with Gasteiger partial charge in [0.15, 0.2) is 0 Å². The van der Waals surface area contributed by atoms with Gasteiger partial charge in [-0.3, -0.25) is 4.79 Å². The van der Waals surface area contributed by atoms with Crippen LogP contribution in [0.1, 0.15) is 50.6 Å². The number of carbonyl (C=O) groups is 1. The molecule has 3 nitrogen and oxygen atoms in total. The zero-order valence-corrected chi connectivity index (χ0v) is 13.9. The number of benzene rings is 1. The Kier molecular flexibility index (Phi) is 7.50. The summed E-state index contributed by atoms with van der Waals surface area (Å²) < 4.78 is 0. The fourth-order valence-electron chi connectivity index (χ4n) is 2.89. The molecule has 2 unspecified atom stereocenters. The second-order valence-electron chi connectivity index (χ2n) is 5.76. The number of amides is 1. The number of nitrogens with one attached hydrogen (secondary N) is 1. The van der Waals surface area contributed by atoms with E-state index in [1.54, 1.807) is 0 Å². The zero-order chi connectivity index (χ0) is 14.5. The number of carbonyl (C=O) groups excluding carboxylic acids is 1. The summed E-state index contributed by atoms with van der Waals surface area (Å²) in [6.07, 6.45) is 5.03. The van der Waals surface area contributed by atoms with Crippen LogP contribution in [0.15, 0.2) is 24.3 Å². The molecule has 118 valence electrons. The Labute approximate surface area is 138 Å². The van der Waals surface area contributed by atoms with Gasteiger partial charge in [0.25, 0.3) is 0 Å². The average molecular weight is 331 g/mol. The predicted molar refractivity (Wildman–Crippen MR) is 89.8 cm³/mol. The molecule has 1 fully saturated rings. The van der Waals surface area contributed by atoms with Crippen molar-refractivity contribution in [2.75, 3.05) is 0 Å². The lowest BCUT2D eigenvalue weighted by atomic mass is 9.83. The van der Waals surface area contributed by atoms with Gasteiger partial charge in [-0.05, 0) is 43.4 Å². The third kappa shape index (κ3) is 5.50. The lowest BCUT2D eigenvalue weighted by Gasteiger charge is -2.28. The van der Waals surface area contributed by atoms with Crippen LogP contribution in [0.5, 0.6) is 0 Å². The van der Waals surface area contributed by atoms with Crippen molar-refractivity contribution in [2.24, 2.45) is 11.7 Å². The molecule has 1 aromatic rings. The van der Waals surface area contributed by atoms with Crippen LogP contribution in [0.4, 0.5) is 0 Å². The van der Waals surface area contributed by atoms with Crippen LogP contribution in [-0.4, -0.2) is 11.9 Å². The summed E-state index contributed by atoms with van der Waals surface area (Å²) in [5.41, 5.74) is 7.12. The Morgan fingerprint density at radius 1 is 1.43 bits per heavy atom. The van der Waals surface area contributed by atoms with Crippen LogP contribution >= 0.6 is 24.0 Å². The number of halogens is 2. The highest BCUT2D eigenvalue weighted by Crippen LogP contribution is 2.26. The minimum atomic E-state index is -0.0268. The SMILES string of the molecule is C[C@@H](NC(=O)CC1CCCCC1N)c1cccc(Cl)c1.Cl. The smallest absolute Gasteiger partial charge is 0.220 e. The van der Waals surface area contributed by atoms with E-state index in [9.17, 15) is 4.79 Å². The molecule has 0 spiro atoms. The maximum absolute atomic E-state index is 12.1. The second kappa shape index (κ2) is 8.62. The van der Waals surface area contributed by atoms with Crippen LogP contribution in [0.2, 0.25) is 5.02 Å². The highest BCUT2D eigenvalue weighted by atomic mass is 35.5. The topological polar surface area (TPSA) is 55.1 Å². The van der Waals surface area contributed by atoms with Crippen molar-refractivity contribution in [1.29, 1.82) is 0 Å². The van der Waals surface area contributed by atoms with Gasteiger partial charge in [0.1, 0.15) is 0 Å². The van der Waals surface area contributed by atoms with Gasteiger partial charge in [0, 0.05) is 17.5 Å². The summed E-state index contributed by atoms with van der Waals surface area (Å²) >= 11 is 5.97. The molecule has 21 heavy (non-hydrogen) atoms. The maximum atomic E-state index is 12.1. The maximum Gasteiger partial charge on any atom is 0.220 e. The number of hydrogen-bond acceptors (Lipinski definition) is 2. The molecule has 1 aliphatic carbocycles. The summed E-state index contributed by atoms with van der Waals surface area (Å²) in [5, 5.41) is 3.73. The molecule has 1 aliphatic rings. The first kappa shape index (κ1) is 18.3. The van der Waals surface area contributed by atoms with Crippen molar-refractivity contribution >= 4 is 29.9 Å². The van der Waals surface area contributed by atoms with Crippen molar-refractivity contribution in [1.82, 2.24) is 5.32 Å². The second-order valence-corrected chi connectivity index (χ2v) is 6.19. The molecule has 3 atom stereocenters. The van der Waals surface area contributed by atoms with Gasteiger partial charge >= 0.3 is 0 Å². The van der Waals surface area contributed by atoms with Gasteiger partial charge in [0.2, 0.25) is 5.91 Å². The molecule has 0 bridgehead atoms. The van der Waals surface area contributed by atoms with Crippen LogP contribution < -0.4 is 11.1 Å². The molecule has 1 saturated carbocycles. The minimum absolute atomic E-state index is 0. The summed E-state index contributed by atoms with van der Waals surface area (Å²) in [5.74, 6) is 0.412. The monoisotopic (exact) mass is 330 g/mol. The van der Waals surface area contributed by atoms with E-state index in [1.165, 1.54) is 12.8 Å². The predicted octanol–water partition coefficient (Wildman–Crippen LogP) is 3.85. The summed E-state index contributed by atoms with van der Waals surface area (Å²) in [6.45, 7) is 1.98. The quantitative estimate of drug-likeness (QED) is 0.880. The summed E-state index contributed by atoms with van der Waals surface area (Å²) in [6, 6.07) is 7.75. The number of hydrogen-bond donors (Lipinski definition) is 2. The highest BCUT2D eigenvalue weighted by Gasteiger charge is 2.24. The van der Waals surface area contributed by atoms with E-state index in [-0.39, 0.29) is 30.4 Å². The normalized spacial score (nSPS) is 23.0. The van der Waals surface area contributed by atoms with Gasteiger partial charge in [-0.2, -0.15) is 0 Å². The average Bonchev–Trinajstić information content (AvgIpc) is 2.41. The standard InChI is InChI=1S/C16H23ClN2O.ClH/c1-11(12-6-4-7-14(17)9-12)19-16(20)10-13-5-2-3-8-15(13)18;/h4,6-7,9,11,13,15H,2-3,5,8,10,18H2,1H3,(H,19,20);1H/t11-,13?,15?;/m1./s1. The molecular formula is C16H24Cl2N2O. The van der Waals surface area contributed by atoms with Crippen LogP contribution in [0.3, 0.4) is 0 Å². The molecule has 1 amide bonds. The molecule has 0 heterocycles. The van der Waals surface area contributed by atoms with Crippen LogP contribution in [0, 0.1) is 5.92 Å². The van der Waals surface area contributed by atoms with Gasteiger partial charge in [-0.15, -0.1) is 12.4 Å². The largest absolute Gasteiger partial charge is 0.350 e. The van der Waals surface area contributed by atoms with Gasteiger partial charge in [0.05, 0.1) is 6.04 Å². The third-order valence-electron chi connectivity index (χ3n) is 4.14. The lowest BCUT2D eigenvalue weighted by Crippen LogP contribution is -2.37. The first-order valence-electron chi connectivity index (χ1n) is 7.36. The van der Waals surface area contributed by atoms with Crippen molar-refractivity contribution in [2.45, 2.75) is 51.1 Å². The van der Waals surface area contributed by atoms with Crippen molar-refractivity contribution < 1.29 is 4.79 Å². The Hall–Kier alpha value is -0.770. The highest BCUT2D eigenvalue weighted by molar-refractivity contribution is 6.30. The van der Waals surface area contributed by atoms with Crippen molar-refractivity contribution in [3.8, 4) is 0 Å². The fraction of sp³-hybridized carbons (Fsp3) is 0.562. The van der Waals surface area contributed by atoms with E-state index >= 15 is 0 Å². The first-order chi connectivity index (χ1) is 9.56. The van der Waals surface area contributed by atoms with E-state index in [4.69, 9.17) is 17.3 Å². The first-order valence-corrected chi connectivity index (χ1v) is 7.74. The Morgan fingerprint density at radius 3 is 2.81 bits per heavy atom. The van der Waals surface area contributed by atoms with Crippen LogP contribution in [0.25, 0.3) is 0 Å². The van der Waals surface area contributed by atoms with E-state index < -0.39 is 0 Å². The van der Waals surface area contributed by atoms with E-state index in [1.807, 2.05) is 31.2 Å². The minimum Gasteiger partial charge on any atom is -0.350 e. The molecule has 0 aromatic heterocycles. The number of rotatable bonds is 4. The molecule has 1 aromatic carbocycles. The van der Waals surface area contributed by atoms with Crippen molar-refractivity contribution in [3.63, 3.8) is 0 Å². The Bertz CT molecular complexity index is 467. The van der Waals surface area contributed by atoms with Crippen molar-refractivity contribution in [3.05, 3.63) is 34.9 Å². The third-order valence-corrected chi connectivity index (χ3v) is 4.38. The van der Waals surface area contributed by atoms with Gasteiger partial charge in [-0.25, -0.2) is 0 Å². The Balaban J connectivity index is 0.00000220. The molecule has 5 heteroatoms. The van der Waals surface area contributed by atoms with E-state index in [0.717, 1.165) is 18.4 Å². The lowest BCUT2D eigenvalue weighted by molar-refractivity contribution is -0.123. The fourth-order valence-corrected chi connectivity index (χ4v) is 3.09. The molecule has 0 aliphatic heterocycles. The molecule has 3 N–H and O–H groups in total. The van der Waals surface area contributed by atoms with Gasteiger partial charge < -0.3 is 11.1 Å². The molecule has 0 saturated heterocycles. The molecule has 2 rings (SSSR count). The number of nitrogens with two attached hydrogens (primary N) is 1. The molecule has 0 radical (unpaired) electrons. The van der Waals surface area contributed by atoms with E-state index in [0.29, 0.717) is 17.4 Å². The van der Waals surface area contributed by atoms with Crippen LogP contribution in [-0.2, 0) is 4.79 Å². The van der Waals surface area contributed by atoms with Gasteiger partial charge in [-0.1, -0.05) is 36.6 Å². The summed E-state index contributed by atoms with van der Waals surface area (Å²) in [7, 11) is 0. The zero-order valence-electron chi connectivity index (χ0n) is 12.3. The van der Waals surface area contributed by atoms with E-state index in [2.05, 4.69) is 5.32 Å². The Morgan fingerprint density at radius 2 is 2.14 bits per heavy atom. The summed E-state index contributed by atoms with van der Waals surface area (Å²) in [4.78, 5) is 12.1. The molecular weight excluding hydrogens is 307 g/mol.